The summed E-state index contributed by atoms with van der Waals surface area (Å²) in [4.78, 5) is 46.5. The van der Waals surface area contributed by atoms with Gasteiger partial charge in [-0.05, 0) is 43.2 Å². The van der Waals surface area contributed by atoms with Crippen LogP contribution in [0.4, 0.5) is 0 Å². The smallest absolute Gasteiger partial charge is 0.326 e. The molecule has 0 aliphatic carbocycles. The zero-order valence-corrected chi connectivity index (χ0v) is 19.1. The Balaban J connectivity index is 1.92. The monoisotopic (exact) mass is 481 g/mol. The summed E-state index contributed by atoms with van der Waals surface area (Å²) < 4.78 is 0. The molecule has 9 N–H and O–H groups in total. The van der Waals surface area contributed by atoms with Gasteiger partial charge in [-0.15, -0.1) is 0 Å². The fraction of sp³-hybridized carbons (Fsp3) is 0.524. The Bertz CT molecular complexity index is 852. The molecule has 0 aromatic heterocycles. The minimum absolute atomic E-state index is 0.141. The van der Waals surface area contributed by atoms with E-state index in [0.29, 0.717) is 6.42 Å². The van der Waals surface area contributed by atoms with Crippen molar-refractivity contribution in [2.45, 2.75) is 55.9 Å². The normalized spacial score (nSPS) is 22.2. The SMILES string of the molecule is CS[C@H](CCCC1C(=O)NC(N)NC1N)c1ccc(C(=O)N[C@@H](CCC(=O)O)C(=O)O)cc1. The van der Waals surface area contributed by atoms with Crippen LogP contribution >= 0.6 is 11.8 Å². The number of carbonyl (C=O) groups is 4. The molecule has 0 saturated carbocycles. The number of benzene rings is 1. The molecule has 1 aliphatic rings. The number of hydrogen-bond donors (Lipinski definition) is 7. The summed E-state index contributed by atoms with van der Waals surface area (Å²) in [6.07, 6.45) is 2.45. The van der Waals surface area contributed by atoms with Crippen LogP contribution in [0.3, 0.4) is 0 Å². The molecule has 1 fully saturated rings. The maximum absolute atomic E-state index is 12.4. The van der Waals surface area contributed by atoms with Crippen molar-refractivity contribution in [1.29, 1.82) is 0 Å². The first-order chi connectivity index (χ1) is 15.6. The third-order valence-corrected chi connectivity index (χ3v) is 6.58. The van der Waals surface area contributed by atoms with E-state index in [1.54, 1.807) is 23.9 Å². The van der Waals surface area contributed by atoms with E-state index in [2.05, 4.69) is 16.0 Å². The van der Waals surface area contributed by atoms with Gasteiger partial charge in [0.05, 0.1) is 12.1 Å². The number of rotatable bonds is 12. The van der Waals surface area contributed by atoms with Gasteiger partial charge in [0.2, 0.25) is 5.91 Å². The molecule has 2 amide bonds. The highest BCUT2D eigenvalue weighted by Gasteiger charge is 2.32. The molecule has 1 heterocycles. The van der Waals surface area contributed by atoms with Crippen molar-refractivity contribution in [3.63, 3.8) is 0 Å². The fourth-order valence-electron chi connectivity index (χ4n) is 3.66. The van der Waals surface area contributed by atoms with E-state index in [9.17, 15) is 24.3 Å². The zero-order valence-electron chi connectivity index (χ0n) is 18.3. The van der Waals surface area contributed by atoms with Crippen LogP contribution in [-0.4, -0.2) is 58.7 Å². The van der Waals surface area contributed by atoms with Crippen molar-refractivity contribution in [3.05, 3.63) is 35.4 Å². The van der Waals surface area contributed by atoms with Gasteiger partial charge in [0.25, 0.3) is 5.91 Å². The molecule has 1 aromatic carbocycles. The van der Waals surface area contributed by atoms with Gasteiger partial charge in [0, 0.05) is 17.2 Å². The van der Waals surface area contributed by atoms with Crippen molar-refractivity contribution in [2.24, 2.45) is 17.4 Å². The number of carboxylic acid groups (broad SMARTS) is 2. The number of hydrogen-bond acceptors (Lipinski definition) is 8. The van der Waals surface area contributed by atoms with E-state index in [1.807, 2.05) is 18.4 Å². The number of aliphatic carboxylic acids is 2. The van der Waals surface area contributed by atoms with Crippen LogP contribution in [0.5, 0.6) is 0 Å². The van der Waals surface area contributed by atoms with E-state index in [0.717, 1.165) is 18.4 Å². The number of nitrogens with two attached hydrogens (primary N) is 2. The molecule has 12 heteroatoms. The lowest BCUT2D eigenvalue weighted by atomic mass is 9.94. The fourth-order valence-corrected chi connectivity index (χ4v) is 4.49. The van der Waals surface area contributed by atoms with E-state index < -0.39 is 36.3 Å². The molecular weight excluding hydrogens is 450 g/mol. The first-order valence-electron chi connectivity index (χ1n) is 10.6. The molecule has 33 heavy (non-hydrogen) atoms. The Morgan fingerprint density at radius 2 is 1.82 bits per heavy atom. The van der Waals surface area contributed by atoms with Crippen LogP contribution in [0, 0.1) is 5.92 Å². The summed E-state index contributed by atoms with van der Waals surface area (Å²) in [6.45, 7) is 0. The number of thioether (sulfide) groups is 1. The second kappa shape index (κ2) is 12.5. The summed E-state index contributed by atoms with van der Waals surface area (Å²) in [7, 11) is 0. The highest BCUT2D eigenvalue weighted by molar-refractivity contribution is 7.98. The topological polar surface area (TPSA) is 197 Å². The van der Waals surface area contributed by atoms with Gasteiger partial charge < -0.3 is 26.6 Å². The van der Waals surface area contributed by atoms with Gasteiger partial charge in [0.1, 0.15) is 12.3 Å². The molecule has 0 bridgehead atoms. The van der Waals surface area contributed by atoms with E-state index in [4.69, 9.17) is 16.6 Å². The number of carboxylic acids is 2. The standard InChI is InChI=1S/C21H31N5O6S/c1-33-15(4-2-3-13-17(22)25-21(23)26-19(13)30)11-5-7-12(8-6-11)18(29)24-14(20(31)32)9-10-16(27)28/h5-8,13-15,17,21,25H,2-4,9-10,22-23H2,1H3,(H,24,29)(H,26,30)(H,27,28)(H,31,32)/t13?,14-,15+,17?,21?/m0/s1. The Labute approximate surface area is 196 Å². The Hall–Kier alpha value is -2.67. The Kier molecular flexibility index (Phi) is 10.1. The molecule has 0 radical (unpaired) electrons. The summed E-state index contributed by atoms with van der Waals surface area (Å²) in [5, 5.41) is 26.0. The Morgan fingerprint density at radius 1 is 1.15 bits per heavy atom. The maximum Gasteiger partial charge on any atom is 0.326 e. The summed E-state index contributed by atoms with van der Waals surface area (Å²) in [6, 6.07) is 5.56. The number of amides is 2. The Morgan fingerprint density at radius 3 is 2.36 bits per heavy atom. The first-order valence-corrected chi connectivity index (χ1v) is 11.9. The molecule has 182 valence electrons. The highest BCUT2D eigenvalue weighted by Crippen LogP contribution is 2.32. The van der Waals surface area contributed by atoms with Gasteiger partial charge in [-0.3, -0.25) is 25.4 Å². The van der Waals surface area contributed by atoms with E-state index in [-0.39, 0.29) is 35.5 Å². The summed E-state index contributed by atoms with van der Waals surface area (Å²) in [5.74, 6) is -3.52. The van der Waals surface area contributed by atoms with Crippen LogP contribution in [0.15, 0.2) is 24.3 Å². The molecule has 5 atom stereocenters. The quantitative estimate of drug-likeness (QED) is 0.216. The van der Waals surface area contributed by atoms with Gasteiger partial charge in [-0.1, -0.05) is 18.6 Å². The lowest BCUT2D eigenvalue weighted by Gasteiger charge is -2.33. The predicted molar refractivity (Wildman–Crippen MR) is 123 cm³/mol. The van der Waals surface area contributed by atoms with Crippen LogP contribution in [0.1, 0.15) is 53.3 Å². The van der Waals surface area contributed by atoms with E-state index in [1.165, 1.54) is 0 Å². The average molecular weight is 482 g/mol. The molecule has 1 aromatic rings. The molecule has 11 nitrogen and oxygen atoms in total. The first kappa shape index (κ1) is 26.6. The second-order valence-corrected chi connectivity index (χ2v) is 8.90. The van der Waals surface area contributed by atoms with Crippen molar-refractivity contribution in [2.75, 3.05) is 6.26 Å². The third-order valence-electron chi connectivity index (χ3n) is 5.50. The number of carbonyl (C=O) groups excluding carboxylic acids is 2. The third kappa shape index (κ3) is 8.00. The molecule has 0 spiro atoms. The van der Waals surface area contributed by atoms with Crippen LogP contribution in [0.2, 0.25) is 0 Å². The molecule has 3 unspecified atom stereocenters. The van der Waals surface area contributed by atoms with Crippen LogP contribution in [-0.2, 0) is 14.4 Å². The van der Waals surface area contributed by atoms with Crippen molar-refractivity contribution in [1.82, 2.24) is 16.0 Å². The van der Waals surface area contributed by atoms with Crippen molar-refractivity contribution < 1.29 is 29.4 Å². The minimum atomic E-state index is -1.28. The predicted octanol–water partition coefficient (Wildman–Crippen LogP) is 0.172. The molecule has 2 rings (SSSR count). The molecule has 1 aliphatic heterocycles. The van der Waals surface area contributed by atoms with Crippen LogP contribution in [0.25, 0.3) is 0 Å². The van der Waals surface area contributed by atoms with Gasteiger partial charge in [-0.2, -0.15) is 11.8 Å². The molecular formula is C21H31N5O6S. The second-order valence-electron chi connectivity index (χ2n) is 7.86. The maximum atomic E-state index is 12.4. The lowest BCUT2D eigenvalue weighted by Crippen LogP contribution is -2.67. The lowest BCUT2D eigenvalue weighted by molar-refractivity contribution is -0.140. The van der Waals surface area contributed by atoms with Crippen molar-refractivity contribution in [3.8, 4) is 0 Å². The van der Waals surface area contributed by atoms with Gasteiger partial charge in [-0.25, -0.2) is 4.79 Å². The minimum Gasteiger partial charge on any atom is -0.481 e. The molecule has 1 saturated heterocycles. The van der Waals surface area contributed by atoms with Gasteiger partial charge in [0.15, 0.2) is 0 Å². The average Bonchev–Trinajstić information content (AvgIpc) is 2.75. The number of nitrogens with one attached hydrogen (secondary N) is 3. The van der Waals surface area contributed by atoms with Gasteiger partial charge >= 0.3 is 11.9 Å². The highest BCUT2D eigenvalue weighted by atomic mass is 32.2. The van der Waals surface area contributed by atoms with E-state index >= 15 is 0 Å². The van der Waals surface area contributed by atoms with Crippen molar-refractivity contribution >= 4 is 35.5 Å². The largest absolute Gasteiger partial charge is 0.481 e. The van der Waals surface area contributed by atoms with Crippen LogP contribution < -0.4 is 27.4 Å². The summed E-state index contributed by atoms with van der Waals surface area (Å²) in [5.41, 5.74) is 12.9. The zero-order chi connectivity index (χ0) is 24.5. The summed E-state index contributed by atoms with van der Waals surface area (Å²) >= 11 is 1.65.